The maximum absolute atomic E-state index is 13.3. The standard InChI is InChI=1S/C18H24FN3O3/c1-2-3-7-16(23)18(25)20-13-17(24)22-10-8-21(9-11-22)15-6-4-5-14(19)12-15/h4-6,12H,2-3,7-11,13H2,1H3,(H,20,25). The number of unbranched alkanes of at least 4 members (excludes halogenated alkanes) is 1. The average molecular weight is 349 g/mol. The molecule has 0 radical (unpaired) electrons. The Balaban J connectivity index is 1.75. The van der Waals surface area contributed by atoms with Gasteiger partial charge in [0.25, 0.3) is 5.91 Å². The number of nitrogens with one attached hydrogen (secondary N) is 1. The van der Waals surface area contributed by atoms with Gasteiger partial charge in [-0.25, -0.2) is 4.39 Å². The van der Waals surface area contributed by atoms with Crippen LogP contribution in [0.3, 0.4) is 0 Å². The molecule has 1 aliphatic rings. The quantitative estimate of drug-likeness (QED) is 0.755. The number of piperazine rings is 1. The van der Waals surface area contributed by atoms with Gasteiger partial charge in [-0.15, -0.1) is 0 Å². The highest BCUT2D eigenvalue weighted by Gasteiger charge is 2.22. The van der Waals surface area contributed by atoms with E-state index in [4.69, 9.17) is 0 Å². The zero-order valence-electron chi connectivity index (χ0n) is 14.5. The molecule has 0 saturated carbocycles. The summed E-state index contributed by atoms with van der Waals surface area (Å²) in [6, 6.07) is 6.36. The molecule has 0 aliphatic carbocycles. The molecule has 1 heterocycles. The third-order valence-corrected chi connectivity index (χ3v) is 4.22. The first-order valence-electron chi connectivity index (χ1n) is 8.60. The lowest BCUT2D eigenvalue weighted by atomic mass is 10.2. The van der Waals surface area contributed by atoms with Crippen LogP contribution in [-0.4, -0.2) is 55.2 Å². The summed E-state index contributed by atoms with van der Waals surface area (Å²) in [4.78, 5) is 39.0. The van der Waals surface area contributed by atoms with Crippen LogP contribution in [0.25, 0.3) is 0 Å². The van der Waals surface area contributed by atoms with Gasteiger partial charge in [0, 0.05) is 38.3 Å². The van der Waals surface area contributed by atoms with Gasteiger partial charge >= 0.3 is 0 Å². The molecule has 1 fully saturated rings. The molecule has 1 saturated heterocycles. The fourth-order valence-electron chi connectivity index (χ4n) is 2.70. The normalized spacial score (nSPS) is 14.3. The number of halogens is 1. The number of Topliss-reactive ketones (excluding diaryl/α,β-unsaturated/α-hetero) is 1. The van der Waals surface area contributed by atoms with E-state index in [0.717, 1.165) is 12.1 Å². The fourth-order valence-corrected chi connectivity index (χ4v) is 2.70. The summed E-state index contributed by atoms with van der Waals surface area (Å²) in [5, 5.41) is 2.40. The summed E-state index contributed by atoms with van der Waals surface area (Å²) >= 11 is 0. The summed E-state index contributed by atoms with van der Waals surface area (Å²) in [6.45, 7) is 3.95. The summed E-state index contributed by atoms with van der Waals surface area (Å²) in [6.07, 6.45) is 1.72. The van der Waals surface area contributed by atoms with Gasteiger partial charge < -0.3 is 15.1 Å². The van der Waals surface area contributed by atoms with E-state index >= 15 is 0 Å². The van der Waals surface area contributed by atoms with Crippen LogP contribution < -0.4 is 10.2 Å². The van der Waals surface area contributed by atoms with E-state index < -0.39 is 11.7 Å². The molecule has 0 aromatic heterocycles. The molecule has 1 N–H and O–H groups in total. The Morgan fingerprint density at radius 1 is 1.16 bits per heavy atom. The molecule has 2 rings (SSSR count). The zero-order valence-corrected chi connectivity index (χ0v) is 14.5. The van der Waals surface area contributed by atoms with Crippen molar-refractivity contribution in [3.05, 3.63) is 30.1 Å². The second-order valence-electron chi connectivity index (χ2n) is 6.06. The van der Waals surface area contributed by atoms with Crippen LogP contribution in [0.5, 0.6) is 0 Å². The lowest BCUT2D eigenvalue weighted by molar-refractivity contribution is -0.139. The van der Waals surface area contributed by atoms with E-state index in [1.54, 1.807) is 11.0 Å². The number of benzene rings is 1. The molecule has 2 amide bonds. The Bertz CT molecular complexity index is 628. The van der Waals surface area contributed by atoms with Crippen molar-refractivity contribution in [1.82, 2.24) is 10.2 Å². The third-order valence-electron chi connectivity index (χ3n) is 4.22. The van der Waals surface area contributed by atoms with E-state index in [0.29, 0.717) is 32.6 Å². The van der Waals surface area contributed by atoms with Gasteiger partial charge in [0.1, 0.15) is 5.82 Å². The van der Waals surface area contributed by atoms with Crippen LogP contribution in [0.1, 0.15) is 26.2 Å². The Hall–Kier alpha value is -2.44. The Morgan fingerprint density at radius 2 is 1.88 bits per heavy atom. The Kier molecular flexibility index (Phi) is 6.91. The van der Waals surface area contributed by atoms with Crippen molar-refractivity contribution in [2.45, 2.75) is 26.2 Å². The maximum atomic E-state index is 13.3. The number of hydrogen-bond acceptors (Lipinski definition) is 4. The molecule has 136 valence electrons. The average Bonchev–Trinajstić information content (AvgIpc) is 2.64. The number of ketones is 1. The van der Waals surface area contributed by atoms with Crippen LogP contribution in [0.15, 0.2) is 24.3 Å². The summed E-state index contributed by atoms with van der Waals surface area (Å²) in [5.41, 5.74) is 0.793. The van der Waals surface area contributed by atoms with E-state index in [1.165, 1.54) is 12.1 Å². The maximum Gasteiger partial charge on any atom is 0.287 e. The van der Waals surface area contributed by atoms with Crippen molar-refractivity contribution in [3.63, 3.8) is 0 Å². The minimum absolute atomic E-state index is 0.170. The topological polar surface area (TPSA) is 69.7 Å². The van der Waals surface area contributed by atoms with Crippen LogP contribution >= 0.6 is 0 Å². The minimum Gasteiger partial charge on any atom is -0.368 e. The van der Waals surface area contributed by atoms with Crippen molar-refractivity contribution >= 4 is 23.3 Å². The van der Waals surface area contributed by atoms with E-state index in [1.807, 2.05) is 17.9 Å². The molecule has 7 heteroatoms. The molecular weight excluding hydrogens is 325 g/mol. The molecule has 1 aliphatic heterocycles. The summed E-state index contributed by atoms with van der Waals surface area (Å²) in [5.74, 6) is -1.67. The second-order valence-corrected chi connectivity index (χ2v) is 6.06. The van der Waals surface area contributed by atoms with Crippen molar-refractivity contribution in [3.8, 4) is 0 Å². The van der Waals surface area contributed by atoms with Crippen molar-refractivity contribution in [1.29, 1.82) is 0 Å². The Labute approximate surface area is 147 Å². The molecule has 1 aromatic carbocycles. The van der Waals surface area contributed by atoms with E-state index in [-0.39, 0.29) is 24.7 Å². The van der Waals surface area contributed by atoms with Gasteiger partial charge in [-0.3, -0.25) is 14.4 Å². The fraction of sp³-hybridized carbons (Fsp3) is 0.500. The van der Waals surface area contributed by atoms with Crippen molar-refractivity contribution < 1.29 is 18.8 Å². The number of carbonyl (C=O) groups is 3. The van der Waals surface area contributed by atoms with Crippen LogP contribution in [0.2, 0.25) is 0 Å². The molecule has 6 nitrogen and oxygen atoms in total. The number of nitrogens with zero attached hydrogens (tertiary/aromatic N) is 2. The zero-order chi connectivity index (χ0) is 18.2. The summed E-state index contributed by atoms with van der Waals surface area (Å²) in [7, 11) is 0. The molecule has 0 spiro atoms. The first-order chi connectivity index (χ1) is 12.0. The SMILES string of the molecule is CCCCC(=O)C(=O)NCC(=O)N1CCN(c2cccc(F)c2)CC1. The van der Waals surface area contributed by atoms with Gasteiger partial charge in [-0.05, 0) is 24.6 Å². The van der Waals surface area contributed by atoms with Crippen LogP contribution in [-0.2, 0) is 14.4 Å². The highest BCUT2D eigenvalue weighted by atomic mass is 19.1. The van der Waals surface area contributed by atoms with Gasteiger partial charge in [0.15, 0.2) is 0 Å². The third kappa shape index (κ3) is 5.55. The highest BCUT2D eigenvalue weighted by molar-refractivity contribution is 6.36. The summed E-state index contributed by atoms with van der Waals surface area (Å²) < 4.78 is 13.3. The predicted octanol–water partition coefficient (Wildman–Crippen LogP) is 1.35. The van der Waals surface area contributed by atoms with Crippen molar-refractivity contribution in [2.24, 2.45) is 0 Å². The van der Waals surface area contributed by atoms with E-state index in [2.05, 4.69) is 5.32 Å². The van der Waals surface area contributed by atoms with Crippen LogP contribution in [0.4, 0.5) is 10.1 Å². The molecule has 0 bridgehead atoms. The molecule has 25 heavy (non-hydrogen) atoms. The number of amides is 2. The smallest absolute Gasteiger partial charge is 0.287 e. The molecular formula is C18H24FN3O3. The highest BCUT2D eigenvalue weighted by Crippen LogP contribution is 2.17. The predicted molar refractivity (Wildman–Crippen MR) is 92.7 cm³/mol. The second kappa shape index (κ2) is 9.15. The minimum atomic E-state index is -0.694. The monoisotopic (exact) mass is 349 g/mol. The number of hydrogen-bond donors (Lipinski definition) is 1. The number of carbonyl (C=O) groups excluding carboxylic acids is 3. The lowest BCUT2D eigenvalue weighted by Crippen LogP contribution is -2.51. The lowest BCUT2D eigenvalue weighted by Gasteiger charge is -2.36. The first-order valence-corrected chi connectivity index (χ1v) is 8.60. The van der Waals surface area contributed by atoms with Gasteiger partial charge in [-0.2, -0.15) is 0 Å². The van der Waals surface area contributed by atoms with Gasteiger partial charge in [0.2, 0.25) is 11.7 Å². The van der Waals surface area contributed by atoms with Crippen LogP contribution in [0, 0.1) is 5.82 Å². The number of anilines is 1. The molecule has 1 aromatic rings. The molecule has 0 atom stereocenters. The van der Waals surface area contributed by atoms with Gasteiger partial charge in [-0.1, -0.05) is 19.4 Å². The Morgan fingerprint density at radius 3 is 2.52 bits per heavy atom. The largest absolute Gasteiger partial charge is 0.368 e. The van der Waals surface area contributed by atoms with Crippen molar-refractivity contribution in [2.75, 3.05) is 37.6 Å². The van der Waals surface area contributed by atoms with E-state index in [9.17, 15) is 18.8 Å². The molecule has 0 unspecified atom stereocenters. The first kappa shape index (κ1) is 18.9. The van der Waals surface area contributed by atoms with Gasteiger partial charge in [0.05, 0.1) is 6.54 Å². The number of rotatable bonds is 7.